The van der Waals surface area contributed by atoms with Crippen LogP contribution in [0.3, 0.4) is 0 Å². The van der Waals surface area contributed by atoms with E-state index in [9.17, 15) is 4.39 Å². The Morgan fingerprint density at radius 3 is 2.33 bits per heavy atom. The topological polar surface area (TPSA) is 67.3 Å². The maximum absolute atomic E-state index is 12.8. The lowest BCUT2D eigenvalue weighted by atomic mass is 10.3. The van der Waals surface area contributed by atoms with Gasteiger partial charge in [-0.05, 0) is 0 Å². The molecule has 0 radical (unpaired) electrons. The number of anilines is 2. The van der Waals surface area contributed by atoms with Crippen molar-refractivity contribution in [3.05, 3.63) is 30.6 Å². The Morgan fingerprint density at radius 1 is 1.00 bits per heavy atom. The Morgan fingerprint density at radius 2 is 1.67 bits per heavy atom. The molecule has 0 aliphatic carbocycles. The van der Waals surface area contributed by atoms with Gasteiger partial charge in [0.25, 0.3) is 0 Å². The van der Waals surface area contributed by atoms with Crippen molar-refractivity contribution >= 4 is 11.8 Å². The summed E-state index contributed by atoms with van der Waals surface area (Å²) in [6.45, 7) is 3.05. The average molecular weight is 290 g/mol. The van der Waals surface area contributed by atoms with E-state index in [1.807, 2.05) is 11.0 Å². The van der Waals surface area contributed by atoms with E-state index < -0.39 is 5.82 Å². The van der Waals surface area contributed by atoms with E-state index in [0.717, 1.165) is 32.0 Å². The number of hydrogen-bond donors (Lipinski definition) is 0. The molecule has 0 amide bonds. The lowest BCUT2D eigenvalue weighted by Crippen LogP contribution is -2.47. The van der Waals surface area contributed by atoms with Gasteiger partial charge in [0.15, 0.2) is 5.82 Å². The summed E-state index contributed by atoms with van der Waals surface area (Å²) in [7, 11) is 1.58. The molecule has 8 heteroatoms. The molecule has 1 saturated heterocycles. The first kappa shape index (κ1) is 13.5. The Bertz CT molecular complexity index is 600. The van der Waals surface area contributed by atoms with Crippen LogP contribution in [0.15, 0.2) is 24.8 Å². The molecule has 0 atom stereocenters. The predicted molar refractivity (Wildman–Crippen MR) is 75.0 cm³/mol. The molecular formula is C13H15FN6O. The summed E-state index contributed by atoms with van der Waals surface area (Å²) in [5.74, 6) is 1.51. The Kier molecular flexibility index (Phi) is 3.76. The molecule has 2 aromatic heterocycles. The summed E-state index contributed by atoms with van der Waals surface area (Å²) in [6, 6.07) is 1.81. The van der Waals surface area contributed by atoms with Crippen LogP contribution in [0.25, 0.3) is 0 Å². The highest BCUT2D eigenvalue weighted by Gasteiger charge is 2.20. The molecule has 1 fully saturated rings. The van der Waals surface area contributed by atoms with Gasteiger partial charge in [-0.2, -0.15) is 0 Å². The number of piperazine rings is 1. The van der Waals surface area contributed by atoms with Gasteiger partial charge in [0.2, 0.25) is 11.8 Å². The zero-order valence-corrected chi connectivity index (χ0v) is 11.6. The predicted octanol–water partition coefficient (Wildman–Crippen LogP) is 0.741. The second kappa shape index (κ2) is 5.86. The SMILES string of the molecule is COc1cc(N2CCN(c3ncc(F)cn3)CC2)ncn1. The van der Waals surface area contributed by atoms with E-state index in [1.165, 1.54) is 18.7 Å². The third-order valence-electron chi connectivity index (χ3n) is 3.33. The molecule has 0 N–H and O–H groups in total. The Balaban J connectivity index is 1.65. The minimum absolute atomic E-state index is 0.425. The number of methoxy groups -OCH3 is 1. The first-order valence-corrected chi connectivity index (χ1v) is 6.60. The van der Waals surface area contributed by atoms with Crippen LogP contribution in [0.1, 0.15) is 0 Å². The van der Waals surface area contributed by atoms with Crippen LogP contribution in [0.5, 0.6) is 5.88 Å². The molecule has 2 aromatic rings. The third kappa shape index (κ3) is 2.99. The van der Waals surface area contributed by atoms with Gasteiger partial charge in [0.1, 0.15) is 12.1 Å². The molecule has 1 aliphatic rings. The smallest absolute Gasteiger partial charge is 0.225 e. The van der Waals surface area contributed by atoms with E-state index in [1.54, 1.807) is 7.11 Å². The molecule has 0 aromatic carbocycles. The number of halogens is 1. The molecule has 7 nitrogen and oxygen atoms in total. The van der Waals surface area contributed by atoms with Gasteiger partial charge >= 0.3 is 0 Å². The van der Waals surface area contributed by atoms with Crippen LogP contribution >= 0.6 is 0 Å². The van der Waals surface area contributed by atoms with Crippen LogP contribution in [0.4, 0.5) is 16.2 Å². The molecule has 110 valence electrons. The first-order valence-electron chi connectivity index (χ1n) is 6.60. The fourth-order valence-electron chi connectivity index (χ4n) is 2.22. The minimum Gasteiger partial charge on any atom is -0.481 e. The average Bonchev–Trinajstić information content (AvgIpc) is 2.56. The number of nitrogens with zero attached hydrogens (tertiary/aromatic N) is 6. The van der Waals surface area contributed by atoms with Crippen molar-refractivity contribution in [2.75, 3.05) is 43.1 Å². The fraction of sp³-hybridized carbons (Fsp3) is 0.385. The van der Waals surface area contributed by atoms with E-state index in [-0.39, 0.29) is 0 Å². The maximum atomic E-state index is 12.8. The van der Waals surface area contributed by atoms with Gasteiger partial charge < -0.3 is 14.5 Å². The molecule has 21 heavy (non-hydrogen) atoms. The summed E-state index contributed by atoms with van der Waals surface area (Å²) in [6.07, 6.45) is 3.86. The zero-order valence-electron chi connectivity index (χ0n) is 11.6. The van der Waals surface area contributed by atoms with Gasteiger partial charge in [-0.15, -0.1) is 0 Å². The summed E-state index contributed by atoms with van der Waals surface area (Å²) >= 11 is 0. The fourth-order valence-corrected chi connectivity index (χ4v) is 2.22. The summed E-state index contributed by atoms with van der Waals surface area (Å²) in [5, 5.41) is 0. The van der Waals surface area contributed by atoms with E-state index in [0.29, 0.717) is 11.8 Å². The highest BCUT2D eigenvalue weighted by molar-refractivity contribution is 5.43. The Hall–Kier alpha value is -2.51. The molecule has 0 spiro atoms. The standard InChI is InChI=1S/C13H15FN6O/c1-21-12-6-11(17-9-18-12)19-2-4-20(5-3-19)13-15-7-10(14)8-16-13/h6-9H,2-5H2,1H3. The second-order valence-corrected chi connectivity index (χ2v) is 4.59. The number of hydrogen-bond acceptors (Lipinski definition) is 7. The van der Waals surface area contributed by atoms with Gasteiger partial charge in [0, 0.05) is 32.2 Å². The van der Waals surface area contributed by atoms with E-state index in [2.05, 4.69) is 24.8 Å². The normalized spacial score (nSPS) is 15.1. The van der Waals surface area contributed by atoms with Crippen LogP contribution in [-0.2, 0) is 0 Å². The van der Waals surface area contributed by atoms with Crippen molar-refractivity contribution in [3.8, 4) is 5.88 Å². The molecule has 1 aliphatic heterocycles. The number of ether oxygens (including phenoxy) is 1. The maximum Gasteiger partial charge on any atom is 0.225 e. The quantitative estimate of drug-likeness (QED) is 0.826. The molecule has 3 rings (SSSR count). The lowest BCUT2D eigenvalue weighted by Gasteiger charge is -2.35. The van der Waals surface area contributed by atoms with Crippen LogP contribution < -0.4 is 14.5 Å². The Labute approximate surface area is 121 Å². The monoisotopic (exact) mass is 290 g/mol. The van der Waals surface area contributed by atoms with Crippen LogP contribution in [0.2, 0.25) is 0 Å². The second-order valence-electron chi connectivity index (χ2n) is 4.59. The highest BCUT2D eigenvalue weighted by atomic mass is 19.1. The van der Waals surface area contributed by atoms with Crippen molar-refractivity contribution < 1.29 is 9.13 Å². The summed E-state index contributed by atoms with van der Waals surface area (Å²) in [5.41, 5.74) is 0. The van der Waals surface area contributed by atoms with Crippen molar-refractivity contribution in [1.29, 1.82) is 0 Å². The van der Waals surface area contributed by atoms with Gasteiger partial charge in [-0.3, -0.25) is 0 Å². The van der Waals surface area contributed by atoms with Gasteiger partial charge in [-0.1, -0.05) is 0 Å². The van der Waals surface area contributed by atoms with Gasteiger partial charge in [0.05, 0.1) is 19.5 Å². The van der Waals surface area contributed by atoms with Crippen molar-refractivity contribution in [1.82, 2.24) is 19.9 Å². The molecule has 3 heterocycles. The highest BCUT2D eigenvalue weighted by Crippen LogP contribution is 2.18. The lowest BCUT2D eigenvalue weighted by molar-refractivity contribution is 0.396. The molecule has 0 unspecified atom stereocenters. The third-order valence-corrected chi connectivity index (χ3v) is 3.33. The van der Waals surface area contributed by atoms with Crippen LogP contribution in [0, 0.1) is 5.82 Å². The van der Waals surface area contributed by atoms with Crippen molar-refractivity contribution in [3.63, 3.8) is 0 Å². The molecule has 0 bridgehead atoms. The summed E-state index contributed by atoms with van der Waals surface area (Å²) < 4.78 is 17.9. The zero-order chi connectivity index (χ0) is 14.7. The minimum atomic E-state index is -0.425. The van der Waals surface area contributed by atoms with E-state index >= 15 is 0 Å². The van der Waals surface area contributed by atoms with E-state index in [4.69, 9.17) is 4.74 Å². The summed E-state index contributed by atoms with van der Waals surface area (Å²) in [4.78, 5) is 20.4. The largest absolute Gasteiger partial charge is 0.481 e. The van der Waals surface area contributed by atoms with Crippen molar-refractivity contribution in [2.45, 2.75) is 0 Å². The number of rotatable bonds is 3. The first-order chi connectivity index (χ1) is 10.3. The number of aromatic nitrogens is 4. The van der Waals surface area contributed by atoms with Crippen LogP contribution in [-0.4, -0.2) is 53.2 Å². The van der Waals surface area contributed by atoms with Gasteiger partial charge in [-0.25, -0.2) is 24.3 Å². The molecule has 0 saturated carbocycles. The molecular weight excluding hydrogens is 275 g/mol. The van der Waals surface area contributed by atoms with Crippen molar-refractivity contribution in [2.24, 2.45) is 0 Å².